The number of nitrogens with zero attached hydrogens (tertiary/aromatic N) is 1. The van der Waals surface area contributed by atoms with Crippen LogP contribution in [0.4, 0.5) is 0 Å². The van der Waals surface area contributed by atoms with E-state index in [1.165, 1.54) is 0 Å². The van der Waals surface area contributed by atoms with Gasteiger partial charge in [0.05, 0.1) is 24.6 Å². The van der Waals surface area contributed by atoms with Gasteiger partial charge in [-0.15, -0.1) is 0 Å². The van der Waals surface area contributed by atoms with E-state index in [9.17, 15) is 4.79 Å². The molecule has 4 atom stereocenters. The quantitative estimate of drug-likeness (QED) is 0.899. The van der Waals surface area contributed by atoms with Gasteiger partial charge in [0, 0.05) is 12.5 Å². The molecule has 1 aliphatic carbocycles. The van der Waals surface area contributed by atoms with Gasteiger partial charge >= 0.3 is 0 Å². The summed E-state index contributed by atoms with van der Waals surface area (Å²) in [6.45, 7) is 0.830. The molecule has 2 fully saturated rings. The van der Waals surface area contributed by atoms with Crippen molar-refractivity contribution < 1.29 is 9.53 Å². The molecule has 0 unspecified atom stereocenters. The van der Waals surface area contributed by atoms with E-state index in [2.05, 4.69) is 24.3 Å². The summed E-state index contributed by atoms with van der Waals surface area (Å²) >= 11 is 1.63. The Hall–Kier alpha value is -0.910. The van der Waals surface area contributed by atoms with Gasteiger partial charge in [-0.3, -0.25) is 4.79 Å². The average Bonchev–Trinajstić information content (AvgIpc) is 2.95. The lowest BCUT2D eigenvalue weighted by Gasteiger charge is -2.50. The molecule has 3 rings (SSSR count). The van der Waals surface area contributed by atoms with Gasteiger partial charge in [0.15, 0.2) is 0 Å². The van der Waals surface area contributed by atoms with Crippen LogP contribution in [0.2, 0.25) is 0 Å². The van der Waals surface area contributed by atoms with Gasteiger partial charge in [-0.05, 0) is 42.9 Å². The molecule has 5 heteroatoms. The third-order valence-electron chi connectivity index (χ3n) is 4.22. The monoisotopic (exact) mass is 280 g/mol. The summed E-state index contributed by atoms with van der Waals surface area (Å²) in [4.78, 5) is 14.3. The van der Waals surface area contributed by atoms with Crippen LogP contribution >= 0.6 is 11.3 Å². The van der Waals surface area contributed by atoms with Crippen molar-refractivity contribution in [2.24, 2.45) is 5.92 Å². The molecule has 19 heavy (non-hydrogen) atoms. The minimum Gasteiger partial charge on any atom is -0.376 e. The zero-order valence-corrected chi connectivity index (χ0v) is 12.2. The maximum Gasteiger partial charge on any atom is 0.224 e. The maximum atomic E-state index is 12.1. The van der Waals surface area contributed by atoms with Crippen LogP contribution < -0.4 is 5.32 Å². The zero-order valence-electron chi connectivity index (χ0n) is 11.3. The Balaban J connectivity index is 1.60. The third-order valence-corrected chi connectivity index (χ3v) is 4.95. The number of amides is 1. The van der Waals surface area contributed by atoms with Crippen molar-refractivity contribution in [1.82, 2.24) is 10.2 Å². The van der Waals surface area contributed by atoms with Gasteiger partial charge in [-0.25, -0.2) is 0 Å². The number of ether oxygens (including phenoxy) is 1. The number of hydrogen-bond acceptors (Lipinski definition) is 4. The molecule has 1 saturated heterocycles. The van der Waals surface area contributed by atoms with Crippen LogP contribution in [0.3, 0.4) is 0 Å². The summed E-state index contributed by atoms with van der Waals surface area (Å²) in [5.74, 6) is 0.624. The first kappa shape index (κ1) is 13.1. The summed E-state index contributed by atoms with van der Waals surface area (Å²) in [6.07, 6.45) is 1.86. The van der Waals surface area contributed by atoms with E-state index in [-0.39, 0.29) is 11.9 Å². The SMILES string of the molecule is CN(C)[C@@H]1[C@@H](NC(=O)Cc2ccsc2)[C@H]2CCO[C@H]21. The summed E-state index contributed by atoms with van der Waals surface area (Å²) in [7, 11) is 4.11. The summed E-state index contributed by atoms with van der Waals surface area (Å²) in [6, 6.07) is 2.57. The fraction of sp³-hybridized carbons (Fsp3) is 0.643. The normalized spacial score (nSPS) is 33.0. The van der Waals surface area contributed by atoms with Crippen molar-refractivity contribution in [3.05, 3.63) is 22.4 Å². The lowest BCUT2D eigenvalue weighted by Crippen LogP contribution is -2.69. The molecule has 2 heterocycles. The lowest BCUT2D eigenvalue weighted by atomic mass is 9.71. The van der Waals surface area contributed by atoms with Crippen LogP contribution in [0.25, 0.3) is 0 Å². The molecule has 104 valence electrons. The first-order valence-corrected chi connectivity index (χ1v) is 7.69. The number of nitrogens with one attached hydrogen (secondary N) is 1. The predicted octanol–water partition coefficient (Wildman–Crippen LogP) is 1.12. The number of rotatable bonds is 4. The van der Waals surface area contributed by atoms with E-state index in [4.69, 9.17) is 4.74 Å². The Morgan fingerprint density at radius 3 is 3.11 bits per heavy atom. The number of hydrogen-bond donors (Lipinski definition) is 1. The summed E-state index contributed by atoms with van der Waals surface area (Å²) in [5.41, 5.74) is 1.10. The molecule has 1 aliphatic heterocycles. The standard InChI is InChI=1S/C14H20N2O2S/c1-16(2)13-12(10-3-5-18-14(10)13)15-11(17)7-9-4-6-19-8-9/h4,6,8,10,12-14H,3,5,7H2,1-2H3,(H,15,17)/t10-,12+,13-,14-/m1/s1. The molecule has 1 aromatic heterocycles. The van der Waals surface area contributed by atoms with Crippen molar-refractivity contribution in [2.75, 3.05) is 20.7 Å². The fourth-order valence-corrected chi connectivity index (χ4v) is 3.97. The van der Waals surface area contributed by atoms with E-state index in [1.807, 2.05) is 16.8 Å². The van der Waals surface area contributed by atoms with Gasteiger partial charge in [0.2, 0.25) is 5.91 Å². The Morgan fingerprint density at radius 1 is 1.58 bits per heavy atom. The molecular formula is C14H20N2O2S. The largest absolute Gasteiger partial charge is 0.376 e. The van der Waals surface area contributed by atoms with Crippen LogP contribution in [0.5, 0.6) is 0 Å². The van der Waals surface area contributed by atoms with E-state index >= 15 is 0 Å². The molecular weight excluding hydrogens is 260 g/mol. The summed E-state index contributed by atoms with van der Waals surface area (Å²) in [5, 5.41) is 7.24. The van der Waals surface area contributed by atoms with Gasteiger partial charge < -0.3 is 15.0 Å². The molecule has 0 spiro atoms. The highest BCUT2D eigenvalue weighted by Crippen LogP contribution is 2.41. The first-order valence-electron chi connectivity index (χ1n) is 6.75. The van der Waals surface area contributed by atoms with Crippen LogP contribution in [-0.2, 0) is 16.0 Å². The Kier molecular flexibility index (Phi) is 3.60. The van der Waals surface area contributed by atoms with Gasteiger partial charge in [0.1, 0.15) is 0 Å². The second-order valence-electron chi connectivity index (χ2n) is 5.64. The third kappa shape index (κ3) is 2.42. The summed E-state index contributed by atoms with van der Waals surface area (Å²) < 4.78 is 5.75. The van der Waals surface area contributed by atoms with E-state index in [1.54, 1.807) is 11.3 Å². The second kappa shape index (κ2) is 5.23. The van der Waals surface area contributed by atoms with E-state index in [0.29, 0.717) is 24.5 Å². The van der Waals surface area contributed by atoms with Crippen molar-refractivity contribution in [1.29, 1.82) is 0 Å². The zero-order chi connectivity index (χ0) is 13.4. The average molecular weight is 280 g/mol. The highest BCUT2D eigenvalue weighted by atomic mass is 32.1. The minimum absolute atomic E-state index is 0.126. The van der Waals surface area contributed by atoms with Gasteiger partial charge in [0.25, 0.3) is 0 Å². The number of carbonyl (C=O) groups is 1. The predicted molar refractivity (Wildman–Crippen MR) is 75.3 cm³/mol. The van der Waals surface area contributed by atoms with Crippen molar-refractivity contribution in [3.8, 4) is 0 Å². The van der Waals surface area contributed by atoms with Crippen molar-refractivity contribution in [3.63, 3.8) is 0 Å². The van der Waals surface area contributed by atoms with Gasteiger partial charge in [-0.2, -0.15) is 11.3 Å². The fourth-order valence-electron chi connectivity index (χ4n) is 3.30. The minimum atomic E-state index is 0.126. The van der Waals surface area contributed by atoms with Crippen LogP contribution in [0.15, 0.2) is 16.8 Å². The topological polar surface area (TPSA) is 41.6 Å². The molecule has 0 radical (unpaired) electrons. The molecule has 1 amide bonds. The molecule has 2 aliphatic rings. The first-order chi connectivity index (χ1) is 9.16. The van der Waals surface area contributed by atoms with Crippen molar-refractivity contribution >= 4 is 17.2 Å². The van der Waals surface area contributed by atoms with Crippen molar-refractivity contribution in [2.45, 2.75) is 31.0 Å². The number of likely N-dealkylation sites (N-methyl/N-ethyl adjacent to an activating group) is 1. The van der Waals surface area contributed by atoms with E-state index in [0.717, 1.165) is 18.6 Å². The lowest BCUT2D eigenvalue weighted by molar-refractivity contribution is -0.127. The molecule has 1 aromatic rings. The number of carbonyl (C=O) groups excluding carboxylic acids is 1. The van der Waals surface area contributed by atoms with Crippen LogP contribution in [0.1, 0.15) is 12.0 Å². The number of fused-ring (bicyclic) bond motifs is 1. The smallest absolute Gasteiger partial charge is 0.224 e. The molecule has 0 bridgehead atoms. The Bertz CT molecular complexity index is 446. The maximum absolute atomic E-state index is 12.1. The molecule has 4 nitrogen and oxygen atoms in total. The Labute approximate surface area is 117 Å². The molecule has 0 aromatic carbocycles. The highest BCUT2D eigenvalue weighted by molar-refractivity contribution is 7.07. The van der Waals surface area contributed by atoms with Gasteiger partial charge in [-0.1, -0.05) is 0 Å². The second-order valence-corrected chi connectivity index (χ2v) is 6.42. The number of thiophene rings is 1. The van der Waals surface area contributed by atoms with Crippen LogP contribution in [-0.4, -0.2) is 49.7 Å². The highest BCUT2D eigenvalue weighted by Gasteiger charge is 2.55. The molecule has 1 saturated carbocycles. The van der Waals surface area contributed by atoms with E-state index < -0.39 is 0 Å². The Morgan fingerprint density at radius 2 is 2.42 bits per heavy atom. The molecule has 1 N–H and O–H groups in total. The van der Waals surface area contributed by atoms with Crippen LogP contribution in [0, 0.1) is 5.92 Å².